The third-order valence-electron chi connectivity index (χ3n) is 16.1. The molecule has 0 aliphatic carbocycles. The topological polar surface area (TPSA) is 50.4 Å². The largest absolute Gasteiger partial charge is 0.309 e. The van der Waals surface area contributed by atoms with Crippen molar-refractivity contribution in [3.8, 4) is 40.1 Å². The Morgan fingerprint density at radius 3 is 0.844 bits per heavy atom. The maximum absolute atomic E-state index is 5.75. The smallest absolute Gasteiger partial charge is 0.163 e. The maximum Gasteiger partial charge on any atom is 0.163 e. The third-order valence-corrected chi connectivity index (χ3v) is 16.1. The molecule has 0 fully saturated rings. The van der Waals surface area contributed by atoms with Crippen LogP contribution < -0.4 is 0 Å². The van der Waals surface area contributed by atoms with E-state index in [1.807, 2.05) is 0 Å². The summed E-state index contributed by atoms with van der Waals surface area (Å²) in [6, 6.07) is 94.2. The van der Waals surface area contributed by atoms with Crippen LogP contribution in [0.4, 0.5) is 0 Å². The van der Waals surface area contributed by atoms with E-state index >= 15 is 0 Å². The highest BCUT2D eigenvalue weighted by Gasteiger charge is 2.26. The second kappa shape index (κ2) is 16.0. The minimum atomic E-state index is 0.620. The van der Waals surface area contributed by atoms with Crippen LogP contribution in [-0.4, -0.2) is 32.8 Å². The summed E-state index contributed by atoms with van der Waals surface area (Å²) >= 11 is 0. The molecule has 11 aromatic carbocycles. The molecule has 0 aliphatic rings. The molecule has 17 aromatic rings. The zero-order valence-corrected chi connectivity index (χ0v) is 41.5. The quantitative estimate of drug-likeness (QED) is 0.167. The Balaban J connectivity index is 1.01. The van der Waals surface area contributed by atoms with E-state index in [4.69, 9.17) is 9.97 Å². The summed E-state index contributed by atoms with van der Waals surface area (Å²) in [5, 5.41) is 11.8. The second-order valence-electron chi connectivity index (χ2n) is 20.1. The Morgan fingerprint density at radius 2 is 0.481 bits per heavy atom. The molecule has 6 heterocycles. The van der Waals surface area contributed by atoms with Crippen molar-refractivity contribution in [2.24, 2.45) is 0 Å². The molecule has 0 saturated heterocycles. The Morgan fingerprint density at radius 1 is 0.208 bits per heavy atom. The fraction of sp³-hybridized carbons (Fsp3) is 0. The zero-order chi connectivity index (χ0) is 50.3. The Kier molecular flexibility index (Phi) is 8.71. The van der Waals surface area contributed by atoms with E-state index in [9.17, 15) is 0 Å². The van der Waals surface area contributed by atoms with Gasteiger partial charge in [0.05, 0.1) is 55.2 Å². The monoisotopic (exact) mass is 981 g/mol. The van der Waals surface area contributed by atoms with Crippen LogP contribution in [0.15, 0.2) is 261 Å². The molecule has 0 atom stereocenters. The lowest BCUT2D eigenvalue weighted by molar-refractivity contribution is 0.993. The van der Waals surface area contributed by atoms with Crippen molar-refractivity contribution in [3.05, 3.63) is 261 Å². The van der Waals surface area contributed by atoms with Crippen LogP contribution in [0.5, 0.6) is 0 Å². The van der Waals surface area contributed by atoms with E-state index in [1.165, 1.54) is 32.3 Å². The van der Waals surface area contributed by atoms with Gasteiger partial charge in [0.15, 0.2) is 5.82 Å². The molecule has 0 saturated carbocycles. The molecule has 7 nitrogen and oxygen atoms in total. The lowest BCUT2D eigenvalue weighted by Gasteiger charge is -2.16. The first-order valence-corrected chi connectivity index (χ1v) is 26.3. The molecule has 6 aromatic heterocycles. The molecule has 358 valence electrons. The molecule has 0 radical (unpaired) electrons. The van der Waals surface area contributed by atoms with Crippen LogP contribution in [0.25, 0.3) is 149 Å². The van der Waals surface area contributed by atoms with Gasteiger partial charge in [0.1, 0.15) is 11.6 Å². The zero-order valence-electron chi connectivity index (χ0n) is 41.5. The van der Waals surface area contributed by atoms with Gasteiger partial charge < -0.3 is 13.7 Å². The van der Waals surface area contributed by atoms with Gasteiger partial charge >= 0.3 is 0 Å². The van der Waals surface area contributed by atoms with Crippen LogP contribution in [0.2, 0.25) is 0 Å². The number of nitrogens with zero attached hydrogens (tertiary/aromatic N) is 7. The molecule has 0 aliphatic heterocycles. The number of rotatable bonds is 6. The minimum absolute atomic E-state index is 0.620. The summed E-state index contributed by atoms with van der Waals surface area (Å²) in [6.45, 7) is 0. The fourth-order valence-corrected chi connectivity index (χ4v) is 12.9. The van der Waals surface area contributed by atoms with Gasteiger partial charge in [-0.3, -0.25) is 9.13 Å². The van der Waals surface area contributed by atoms with Gasteiger partial charge in [0.25, 0.3) is 0 Å². The Labute approximate surface area is 440 Å². The summed E-state index contributed by atoms with van der Waals surface area (Å²) in [5.74, 6) is 2.15. The van der Waals surface area contributed by atoms with Crippen molar-refractivity contribution in [2.45, 2.75) is 0 Å². The molecule has 0 amide bonds. The van der Waals surface area contributed by atoms with E-state index in [0.717, 1.165) is 111 Å². The van der Waals surface area contributed by atoms with Crippen LogP contribution in [-0.2, 0) is 0 Å². The van der Waals surface area contributed by atoms with Crippen LogP contribution in [0.3, 0.4) is 0 Å². The number of para-hydroxylation sites is 8. The van der Waals surface area contributed by atoms with Gasteiger partial charge in [0.2, 0.25) is 0 Å². The van der Waals surface area contributed by atoms with Gasteiger partial charge in [-0.2, -0.15) is 0 Å². The van der Waals surface area contributed by atoms with E-state index < -0.39 is 0 Å². The summed E-state index contributed by atoms with van der Waals surface area (Å²) in [5.41, 5.74) is 15.3. The molecule has 77 heavy (non-hydrogen) atoms. The molecule has 17 rings (SSSR count). The Bertz CT molecular complexity index is 4960. The van der Waals surface area contributed by atoms with E-state index in [0.29, 0.717) is 5.82 Å². The average molecular weight is 982 g/mol. The second-order valence-corrected chi connectivity index (χ2v) is 20.1. The van der Waals surface area contributed by atoms with Crippen LogP contribution >= 0.6 is 0 Å². The lowest BCUT2D eigenvalue weighted by Crippen LogP contribution is -2.07. The van der Waals surface area contributed by atoms with Crippen molar-refractivity contribution in [1.29, 1.82) is 0 Å². The normalized spacial score (nSPS) is 12.2. The summed E-state index contributed by atoms with van der Waals surface area (Å²) < 4.78 is 12.0. The maximum atomic E-state index is 5.75. The summed E-state index contributed by atoms with van der Waals surface area (Å²) in [4.78, 5) is 11.5. The molecule has 7 heteroatoms. The molecular formula is C70H43N7. The lowest BCUT2D eigenvalue weighted by atomic mass is 10.1. The predicted octanol–water partition coefficient (Wildman–Crippen LogP) is 17.6. The minimum Gasteiger partial charge on any atom is -0.309 e. The van der Waals surface area contributed by atoms with E-state index in [-0.39, 0.29) is 0 Å². The highest BCUT2D eigenvalue weighted by Crippen LogP contribution is 2.45. The van der Waals surface area contributed by atoms with Gasteiger partial charge in [-0.25, -0.2) is 9.97 Å². The molecular weight excluding hydrogens is 939 g/mol. The summed E-state index contributed by atoms with van der Waals surface area (Å²) in [7, 11) is 0. The average Bonchev–Trinajstić information content (AvgIpc) is 4.48. The molecule has 0 N–H and O–H groups in total. The predicted molar refractivity (Wildman–Crippen MR) is 319 cm³/mol. The van der Waals surface area contributed by atoms with Crippen LogP contribution in [0, 0.1) is 0 Å². The Hall–Kier alpha value is -10.5. The third kappa shape index (κ3) is 5.90. The van der Waals surface area contributed by atoms with Crippen molar-refractivity contribution >= 4 is 109 Å². The fourth-order valence-electron chi connectivity index (χ4n) is 12.9. The van der Waals surface area contributed by atoms with Gasteiger partial charge in [-0.15, -0.1) is 0 Å². The SMILES string of the molecule is c1ccc(-n2c3ccccc3c3ccc4c5ccccc5n(-c5cc(-n6c7ccccc7c7ccc8c9ccccc9n(-c9ccccc9)c8c76)nc(-c6ccc(-n7c8ccccc8c8ccccc87)cc6)n5)c4c32)cc1. The van der Waals surface area contributed by atoms with Crippen molar-refractivity contribution < 1.29 is 0 Å². The number of hydrogen-bond acceptors (Lipinski definition) is 2. The van der Waals surface area contributed by atoms with E-state index in [2.05, 4.69) is 284 Å². The molecule has 0 unspecified atom stereocenters. The number of hydrogen-bond donors (Lipinski definition) is 0. The molecule has 0 bridgehead atoms. The molecule has 0 spiro atoms. The van der Waals surface area contributed by atoms with Gasteiger partial charge in [-0.1, -0.05) is 170 Å². The van der Waals surface area contributed by atoms with Crippen molar-refractivity contribution in [3.63, 3.8) is 0 Å². The highest BCUT2D eigenvalue weighted by molar-refractivity contribution is 6.25. The number of aromatic nitrogens is 7. The van der Waals surface area contributed by atoms with Gasteiger partial charge in [0, 0.05) is 82.6 Å². The van der Waals surface area contributed by atoms with Gasteiger partial charge in [-0.05, 0) is 84.9 Å². The first-order valence-electron chi connectivity index (χ1n) is 26.3. The van der Waals surface area contributed by atoms with Crippen LogP contribution in [0.1, 0.15) is 0 Å². The number of fused-ring (bicyclic) bond motifs is 17. The summed E-state index contributed by atoms with van der Waals surface area (Å²) in [6.07, 6.45) is 0. The first kappa shape index (κ1) is 41.9. The van der Waals surface area contributed by atoms with Crippen molar-refractivity contribution in [2.75, 3.05) is 0 Å². The van der Waals surface area contributed by atoms with E-state index in [1.54, 1.807) is 0 Å². The number of benzene rings is 11. The standard InChI is InChI=1S/C70H43N7/c1-3-19-45(20-4-1)74-60-31-15-9-25-50(60)54-39-41-56-52-27-11-17-33-62(52)76(68(56)66(54)74)64-43-65(72-70(71-64)44-35-37-47(38-36-44)73-58-29-13-7-23-48(58)49-24-8-14-30-59(49)73)77-63-34-18-12-28-53(63)57-42-40-55-51-26-10-16-32-61(51)75(67(55)69(57)77)46-21-5-2-6-22-46/h1-43H. The van der Waals surface area contributed by atoms with Crippen molar-refractivity contribution in [1.82, 2.24) is 32.8 Å². The first-order chi connectivity index (χ1) is 38.2. The highest BCUT2D eigenvalue weighted by atomic mass is 15.2.